The average molecular weight is 381 g/mol. The summed E-state index contributed by atoms with van der Waals surface area (Å²) in [6, 6.07) is 22.1. The lowest BCUT2D eigenvalue weighted by molar-refractivity contribution is 0.171. The molecule has 0 aliphatic carbocycles. The van der Waals surface area contributed by atoms with Gasteiger partial charge in [0.2, 0.25) is 0 Å². The second-order valence-electron chi connectivity index (χ2n) is 6.44. The molecular formula is C23H24FNO3. The molecule has 28 heavy (non-hydrogen) atoms. The normalized spacial score (nSPS) is 11.8. The Morgan fingerprint density at radius 1 is 0.857 bits per heavy atom. The number of halogens is 1. The molecule has 0 aromatic heterocycles. The number of rotatable bonds is 9. The summed E-state index contributed by atoms with van der Waals surface area (Å²) in [5.74, 6) is 0.168. The SMILES string of the molecule is CNC[C@@H](O)c1cc(OCc2ccccc2)c(OCc2ccccc2)cc1F. The van der Waals surface area contributed by atoms with Crippen LogP contribution in [-0.2, 0) is 13.2 Å². The molecule has 0 fully saturated rings. The molecular weight excluding hydrogens is 357 g/mol. The molecule has 3 aromatic carbocycles. The van der Waals surface area contributed by atoms with Crippen LogP contribution in [0.3, 0.4) is 0 Å². The minimum Gasteiger partial charge on any atom is -0.485 e. The summed E-state index contributed by atoms with van der Waals surface area (Å²) >= 11 is 0. The highest BCUT2D eigenvalue weighted by molar-refractivity contribution is 5.45. The lowest BCUT2D eigenvalue weighted by Gasteiger charge is -2.17. The van der Waals surface area contributed by atoms with Crippen LogP contribution in [0.2, 0.25) is 0 Å². The molecule has 2 N–H and O–H groups in total. The minimum atomic E-state index is -0.979. The van der Waals surface area contributed by atoms with Gasteiger partial charge in [0.1, 0.15) is 19.0 Å². The summed E-state index contributed by atoms with van der Waals surface area (Å²) in [4.78, 5) is 0. The predicted molar refractivity (Wildman–Crippen MR) is 107 cm³/mol. The second kappa shape index (κ2) is 9.88. The topological polar surface area (TPSA) is 50.7 Å². The third kappa shape index (κ3) is 5.31. The third-order valence-electron chi connectivity index (χ3n) is 4.29. The van der Waals surface area contributed by atoms with Crippen LogP contribution in [0.1, 0.15) is 22.8 Å². The molecule has 0 saturated heterocycles. The van der Waals surface area contributed by atoms with Crippen LogP contribution in [0.25, 0.3) is 0 Å². The van der Waals surface area contributed by atoms with Gasteiger partial charge in [-0.2, -0.15) is 0 Å². The molecule has 0 heterocycles. The minimum absolute atomic E-state index is 0.171. The fourth-order valence-corrected chi connectivity index (χ4v) is 2.81. The van der Waals surface area contributed by atoms with E-state index in [0.717, 1.165) is 11.1 Å². The Labute approximate surface area is 164 Å². The average Bonchev–Trinajstić information content (AvgIpc) is 2.73. The van der Waals surface area contributed by atoms with E-state index in [0.29, 0.717) is 24.7 Å². The monoisotopic (exact) mass is 381 g/mol. The first-order valence-electron chi connectivity index (χ1n) is 9.17. The highest BCUT2D eigenvalue weighted by atomic mass is 19.1. The fourth-order valence-electron chi connectivity index (χ4n) is 2.81. The van der Waals surface area contributed by atoms with Gasteiger partial charge < -0.3 is 19.9 Å². The largest absolute Gasteiger partial charge is 0.485 e. The first-order chi connectivity index (χ1) is 13.7. The summed E-state index contributed by atoms with van der Waals surface area (Å²) in [5, 5.41) is 13.1. The van der Waals surface area contributed by atoms with Crippen molar-refractivity contribution in [2.45, 2.75) is 19.3 Å². The van der Waals surface area contributed by atoms with Gasteiger partial charge in [0.05, 0.1) is 6.10 Å². The van der Waals surface area contributed by atoms with E-state index < -0.39 is 11.9 Å². The number of nitrogens with one attached hydrogen (secondary N) is 1. The maximum atomic E-state index is 14.6. The number of aliphatic hydroxyl groups is 1. The number of hydrogen-bond acceptors (Lipinski definition) is 4. The zero-order valence-corrected chi connectivity index (χ0v) is 15.8. The van der Waals surface area contributed by atoms with Crippen molar-refractivity contribution in [2.24, 2.45) is 0 Å². The molecule has 0 bridgehead atoms. The van der Waals surface area contributed by atoms with Gasteiger partial charge in [0, 0.05) is 18.2 Å². The van der Waals surface area contributed by atoms with Crippen molar-refractivity contribution in [3.8, 4) is 11.5 Å². The molecule has 0 amide bonds. The predicted octanol–water partition coefficient (Wildman–Crippen LogP) is 4.24. The molecule has 146 valence electrons. The number of aliphatic hydroxyl groups excluding tert-OH is 1. The van der Waals surface area contributed by atoms with E-state index in [9.17, 15) is 9.50 Å². The summed E-state index contributed by atoms with van der Waals surface area (Å²) in [5.41, 5.74) is 2.12. The van der Waals surface area contributed by atoms with Crippen molar-refractivity contribution in [1.82, 2.24) is 5.32 Å². The third-order valence-corrected chi connectivity index (χ3v) is 4.29. The van der Waals surface area contributed by atoms with Gasteiger partial charge in [-0.15, -0.1) is 0 Å². The molecule has 0 unspecified atom stereocenters. The van der Waals surface area contributed by atoms with Gasteiger partial charge in [-0.05, 0) is 24.2 Å². The van der Waals surface area contributed by atoms with Crippen molar-refractivity contribution in [2.75, 3.05) is 13.6 Å². The number of ether oxygens (including phenoxy) is 2. The Bertz CT molecular complexity index is 872. The molecule has 1 atom stereocenters. The highest BCUT2D eigenvalue weighted by Crippen LogP contribution is 2.34. The Morgan fingerprint density at radius 3 is 1.86 bits per heavy atom. The van der Waals surface area contributed by atoms with Crippen LogP contribution >= 0.6 is 0 Å². The summed E-state index contributed by atoms with van der Waals surface area (Å²) < 4.78 is 26.3. The standard InChI is InChI=1S/C23H24FNO3/c1-25-14-21(26)19-12-22(27-15-17-8-4-2-5-9-17)23(13-20(19)24)28-16-18-10-6-3-7-11-18/h2-13,21,25-26H,14-16H2,1H3/t21-/m1/s1. The fraction of sp³-hybridized carbons (Fsp3) is 0.217. The van der Waals surface area contributed by atoms with Gasteiger partial charge in [-0.3, -0.25) is 0 Å². The molecule has 3 rings (SSSR count). The first-order valence-corrected chi connectivity index (χ1v) is 9.17. The van der Waals surface area contributed by atoms with E-state index in [1.54, 1.807) is 7.05 Å². The Balaban J connectivity index is 1.83. The smallest absolute Gasteiger partial charge is 0.164 e. The molecule has 3 aromatic rings. The van der Waals surface area contributed by atoms with Crippen molar-refractivity contribution >= 4 is 0 Å². The van der Waals surface area contributed by atoms with E-state index in [2.05, 4.69) is 5.32 Å². The van der Waals surface area contributed by atoms with Crippen LogP contribution in [0, 0.1) is 5.82 Å². The van der Waals surface area contributed by atoms with E-state index in [4.69, 9.17) is 9.47 Å². The molecule has 0 aliphatic rings. The molecule has 4 nitrogen and oxygen atoms in total. The second-order valence-corrected chi connectivity index (χ2v) is 6.44. The van der Waals surface area contributed by atoms with E-state index >= 15 is 0 Å². The maximum Gasteiger partial charge on any atom is 0.164 e. The van der Waals surface area contributed by atoms with Crippen molar-refractivity contribution in [3.05, 3.63) is 95.3 Å². The summed E-state index contributed by atoms with van der Waals surface area (Å²) in [7, 11) is 1.70. The number of hydrogen-bond donors (Lipinski definition) is 2. The Hall–Kier alpha value is -2.89. The molecule has 0 spiro atoms. The Kier molecular flexibility index (Phi) is 7.00. The van der Waals surface area contributed by atoms with Gasteiger partial charge in [0.25, 0.3) is 0 Å². The highest BCUT2D eigenvalue weighted by Gasteiger charge is 2.18. The van der Waals surface area contributed by atoms with Crippen LogP contribution in [0.4, 0.5) is 4.39 Å². The van der Waals surface area contributed by atoms with Crippen molar-refractivity contribution < 1.29 is 19.0 Å². The Morgan fingerprint density at radius 2 is 1.36 bits per heavy atom. The molecule has 0 radical (unpaired) electrons. The summed E-state index contributed by atoms with van der Waals surface area (Å²) in [6.45, 7) is 0.843. The molecule has 0 aliphatic heterocycles. The molecule has 5 heteroatoms. The van der Waals surface area contributed by atoms with Gasteiger partial charge in [-0.1, -0.05) is 60.7 Å². The zero-order valence-electron chi connectivity index (χ0n) is 15.8. The lowest BCUT2D eigenvalue weighted by Crippen LogP contribution is -2.18. The summed E-state index contributed by atoms with van der Waals surface area (Å²) in [6.07, 6.45) is -0.979. The van der Waals surface area contributed by atoms with Gasteiger partial charge in [-0.25, -0.2) is 4.39 Å². The van der Waals surface area contributed by atoms with Crippen LogP contribution in [-0.4, -0.2) is 18.7 Å². The quantitative estimate of drug-likeness (QED) is 0.582. The van der Waals surface area contributed by atoms with Gasteiger partial charge in [0.15, 0.2) is 11.5 Å². The van der Waals surface area contributed by atoms with E-state index in [1.165, 1.54) is 12.1 Å². The lowest BCUT2D eigenvalue weighted by atomic mass is 10.1. The number of likely N-dealkylation sites (N-methyl/N-ethyl adjacent to an activating group) is 1. The van der Waals surface area contributed by atoms with Crippen molar-refractivity contribution in [3.63, 3.8) is 0 Å². The van der Waals surface area contributed by atoms with Crippen LogP contribution in [0.5, 0.6) is 11.5 Å². The number of benzene rings is 3. The van der Waals surface area contributed by atoms with Gasteiger partial charge >= 0.3 is 0 Å². The maximum absolute atomic E-state index is 14.6. The molecule has 0 saturated carbocycles. The van der Waals surface area contributed by atoms with Crippen LogP contribution in [0.15, 0.2) is 72.8 Å². The van der Waals surface area contributed by atoms with E-state index in [1.807, 2.05) is 60.7 Å². The zero-order chi connectivity index (χ0) is 19.8. The van der Waals surface area contributed by atoms with E-state index in [-0.39, 0.29) is 12.1 Å². The van der Waals surface area contributed by atoms with Crippen molar-refractivity contribution in [1.29, 1.82) is 0 Å². The first kappa shape index (κ1) is 19.9. The van der Waals surface area contributed by atoms with Crippen LogP contribution < -0.4 is 14.8 Å².